The van der Waals surface area contributed by atoms with Crippen LogP contribution in [0, 0.1) is 10.1 Å². The van der Waals surface area contributed by atoms with Crippen LogP contribution in [-0.2, 0) is 35.7 Å². The number of nitro groups is 1. The van der Waals surface area contributed by atoms with E-state index in [1.807, 2.05) is 0 Å². The summed E-state index contributed by atoms with van der Waals surface area (Å²) in [5, 5.41) is 25.1. The predicted octanol–water partition coefficient (Wildman–Crippen LogP) is 2.22. The third kappa shape index (κ3) is 7.33. The van der Waals surface area contributed by atoms with E-state index in [0.29, 0.717) is 5.56 Å². The number of hydrogen-bond donors (Lipinski definition) is 3. The van der Waals surface area contributed by atoms with Crippen molar-refractivity contribution >= 4 is 27.7 Å². The van der Waals surface area contributed by atoms with Gasteiger partial charge in [-0.15, -0.1) is 0 Å². The number of non-ortho nitro benzene ring substituents is 1. The Bertz CT molecular complexity index is 1540. The Morgan fingerprint density at radius 1 is 1.02 bits per heavy atom. The van der Waals surface area contributed by atoms with Gasteiger partial charge in [-0.05, 0) is 29.8 Å². The molecule has 1 aliphatic rings. The highest BCUT2D eigenvalue weighted by Gasteiger charge is 2.66. The lowest BCUT2D eigenvalue weighted by molar-refractivity contribution is -0.384. The van der Waals surface area contributed by atoms with Crippen LogP contribution in [0.1, 0.15) is 22.8 Å². The van der Waals surface area contributed by atoms with Crippen molar-refractivity contribution in [3.63, 3.8) is 0 Å². The van der Waals surface area contributed by atoms with Crippen molar-refractivity contribution in [1.29, 1.82) is 0 Å². The highest BCUT2D eigenvalue weighted by molar-refractivity contribution is 7.87. The molecule has 14 nitrogen and oxygen atoms in total. The average Bonchev–Trinajstić information content (AvgIpc) is 2.97. The molecule has 1 unspecified atom stereocenters. The van der Waals surface area contributed by atoms with Crippen molar-refractivity contribution in [2.45, 2.75) is 43.0 Å². The van der Waals surface area contributed by atoms with Crippen molar-refractivity contribution in [3.05, 3.63) is 106 Å². The molecule has 0 aliphatic carbocycles. The van der Waals surface area contributed by atoms with E-state index >= 15 is 0 Å². The molecule has 3 aromatic carbocycles. The molecule has 1 fully saturated rings. The third-order valence-corrected chi connectivity index (χ3v) is 7.82. The van der Waals surface area contributed by atoms with E-state index in [9.17, 15) is 37.8 Å². The van der Waals surface area contributed by atoms with Gasteiger partial charge < -0.3 is 29.4 Å². The van der Waals surface area contributed by atoms with E-state index in [0.717, 1.165) is 19.1 Å². The van der Waals surface area contributed by atoms with Gasteiger partial charge >= 0.3 is 16.1 Å². The minimum absolute atomic E-state index is 0.0136. The lowest BCUT2D eigenvalue weighted by Crippen LogP contribution is -2.74. The van der Waals surface area contributed by atoms with Gasteiger partial charge in [-0.1, -0.05) is 48.5 Å². The summed E-state index contributed by atoms with van der Waals surface area (Å²) in [5.41, 5.74) is 0.409. The van der Waals surface area contributed by atoms with Crippen molar-refractivity contribution in [1.82, 2.24) is 5.32 Å². The summed E-state index contributed by atoms with van der Waals surface area (Å²) in [6.45, 7) is 0.359. The number of aliphatic hydroxyl groups is 1. The topological polar surface area (TPSA) is 201 Å². The predicted molar refractivity (Wildman–Crippen MR) is 148 cm³/mol. The second-order valence-electron chi connectivity index (χ2n) is 9.51. The summed E-state index contributed by atoms with van der Waals surface area (Å²) >= 11 is 0. The molecule has 1 saturated heterocycles. The SMILES string of the molecule is CC(=O)N[C@@H]1[C@@H](Oc2ccc([N+](=O)[O-])cc2)O[C@@H](COCc2ccccc2)C(O)(S(=O)(=O)O)[C@H]1OC(=O)c1ccccc1. The van der Waals surface area contributed by atoms with Gasteiger partial charge in [0, 0.05) is 19.1 Å². The van der Waals surface area contributed by atoms with Gasteiger partial charge in [-0.3, -0.25) is 19.5 Å². The zero-order chi connectivity index (χ0) is 31.2. The molecule has 1 aliphatic heterocycles. The number of ether oxygens (including phenoxy) is 4. The zero-order valence-electron chi connectivity index (χ0n) is 22.6. The van der Waals surface area contributed by atoms with Gasteiger partial charge in [0.2, 0.25) is 12.2 Å². The summed E-state index contributed by atoms with van der Waals surface area (Å²) in [7, 11) is -5.54. The summed E-state index contributed by atoms with van der Waals surface area (Å²) in [5.74, 6) is -1.87. The number of esters is 1. The van der Waals surface area contributed by atoms with E-state index in [2.05, 4.69) is 5.32 Å². The van der Waals surface area contributed by atoms with Crippen molar-refractivity contribution in [2.24, 2.45) is 0 Å². The van der Waals surface area contributed by atoms with Crippen LogP contribution >= 0.6 is 0 Å². The molecule has 0 spiro atoms. The first-order chi connectivity index (χ1) is 20.4. The smallest absolute Gasteiger partial charge is 0.338 e. The van der Waals surface area contributed by atoms with E-state index in [4.69, 9.17) is 18.9 Å². The molecule has 15 heteroatoms. The normalized spacial score (nSPS) is 23.6. The molecule has 1 heterocycles. The van der Waals surface area contributed by atoms with Crippen LogP contribution < -0.4 is 10.1 Å². The summed E-state index contributed by atoms with van der Waals surface area (Å²) in [4.78, 5) is 32.5. The van der Waals surface area contributed by atoms with Crippen LogP contribution in [-0.4, -0.2) is 71.0 Å². The van der Waals surface area contributed by atoms with Crippen LogP contribution in [0.3, 0.4) is 0 Å². The molecule has 3 aromatic rings. The maximum Gasteiger partial charge on any atom is 0.338 e. The van der Waals surface area contributed by atoms with Gasteiger partial charge in [0.1, 0.15) is 17.9 Å². The number of benzene rings is 3. The van der Waals surface area contributed by atoms with Gasteiger partial charge in [0.15, 0.2) is 6.10 Å². The van der Waals surface area contributed by atoms with Crippen LogP contribution in [0.2, 0.25) is 0 Å². The standard InChI is InChI=1S/C28H28N2O12S/c1-18(31)29-24-25(42-26(32)20-10-6-3-7-11-20)28(33,43(36,37)38)23(17-39-16-19-8-4-2-5-9-19)41-27(24)40-22-14-12-21(13-15-22)30(34)35/h2-15,23-25,27,33H,16-17H2,1H3,(H,29,31)(H,36,37,38)/t23-,24-,25-,27-,28?/m0/s1. The highest BCUT2D eigenvalue weighted by Crippen LogP contribution is 2.38. The first-order valence-electron chi connectivity index (χ1n) is 12.8. The molecular formula is C28H28N2O12S. The second kappa shape index (κ2) is 13.3. The Labute approximate surface area is 246 Å². The fraction of sp³-hybridized carbons (Fsp3) is 0.286. The number of nitrogens with one attached hydrogen (secondary N) is 1. The largest absolute Gasteiger partial charge is 0.463 e. The van der Waals surface area contributed by atoms with Gasteiger partial charge in [-0.2, -0.15) is 8.42 Å². The molecule has 0 aromatic heterocycles. The first-order valence-corrected chi connectivity index (χ1v) is 14.2. The van der Waals surface area contributed by atoms with Crippen LogP contribution in [0.4, 0.5) is 5.69 Å². The number of rotatable bonds is 11. The Kier molecular flexibility index (Phi) is 9.73. The Balaban J connectivity index is 1.75. The van der Waals surface area contributed by atoms with E-state index in [1.54, 1.807) is 36.4 Å². The van der Waals surface area contributed by atoms with Gasteiger partial charge in [0.05, 0.1) is 23.7 Å². The average molecular weight is 617 g/mol. The molecule has 4 rings (SSSR count). The highest BCUT2D eigenvalue weighted by atomic mass is 32.2. The monoisotopic (exact) mass is 616 g/mol. The molecule has 0 radical (unpaired) electrons. The maximum absolute atomic E-state index is 13.1. The van der Waals surface area contributed by atoms with Gasteiger partial charge in [-0.25, -0.2) is 4.79 Å². The molecule has 3 N–H and O–H groups in total. The first kappa shape index (κ1) is 31.5. The number of nitro benzene ring substituents is 1. The number of carbonyl (C=O) groups is 2. The molecule has 1 amide bonds. The van der Waals surface area contributed by atoms with E-state index in [1.165, 1.54) is 36.4 Å². The van der Waals surface area contributed by atoms with Crippen LogP contribution in [0.25, 0.3) is 0 Å². The molecule has 0 saturated carbocycles. The molecule has 5 atom stereocenters. The second-order valence-corrected chi connectivity index (χ2v) is 11.1. The van der Waals surface area contributed by atoms with Crippen molar-refractivity contribution in [3.8, 4) is 5.75 Å². The summed E-state index contributed by atoms with van der Waals surface area (Å²) < 4.78 is 58.8. The minimum atomic E-state index is -5.54. The molecule has 0 bridgehead atoms. The lowest BCUT2D eigenvalue weighted by atomic mass is 9.95. The summed E-state index contributed by atoms with van der Waals surface area (Å²) in [6.07, 6.45) is -5.81. The molecule has 228 valence electrons. The van der Waals surface area contributed by atoms with Gasteiger partial charge in [0.25, 0.3) is 10.6 Å². The fourth-order valence-corrected chi connectivity index (χ4v) is 5.38. The van der Waals surface area contributed by atoms with Crippen LogP contribution in [0.5, 0.6) is 5.75 Å². The van der Waals surface area contributed by atoms with Crippen LogP contribution in [0.15, 0.2) is 84.9 Å². The quantitative estimate of drug-likeness (QED) is 0.123. The molecular weight excluding hydrogens is 588 g/mol. The Morgan fingerprint density at radius 3 is 2.19 bits per heavy atom. The number of carbonyl (C=O) groups excluding carboxylic acids is 2. The van der Waals surface area contributed by atoms with Crippen molar-refractivity contribution < 1.29 is 51.5 Å². The number of hydrogen-bond acceptors (Lipinski definition) is 11. The fourth-order valence-electron chi connectivity index (χ4n) is 4.43. The Morgan fingerprint density at radius 2 is 1.63 bits per heavy atom. The Hall–Kier alpha value is -4.41. The minimum Gasteiger partial charge on any atom is -0.463 e. The number of amides is 1. The van der Waals surface area contributed by atoms with Crippen molar-refractivity contribution in [2.75, 3.05) is 6.61 Å². The number of nitrogens with zero attached hydrogens (tertiary/aromatic N) is 1. The molecule has 43 heavy (non-hydrogen) atoms. The summed E-state index contributed by atoms with van der Waals surface area (Å²) in [6, 6.07) is 19.1. The third-order valence-electron chi connectivity index (χ3n) is 6.49. The lowest BCUT2D eigenvalue weighted by Gasteiger charge is -2.48. The zero-order valence-corrected chi connectivity index (χ0v) is 23.5. The maximum atomic E-state index is 13.1. The van der Waals surface area contributed by atoms with E-state index < -0.39 is 63.0 Å². The van der Waals surface area contributed by atoms with E-state index in [-0.39, 0.29) is 23.6 Å².